The maximum Gasteiger partial charge on any atom is 0.323 e. The Bertz CT molecular complexity index is 403. The average Bonchev–Trinajstić information content (AvgIpc) is 2.31. The second-order valence-corrected chi connectivity index (χ2v) is 5.27. The van der Waals surface area contributed by atoms with Crippen molar-refractivity contribution in [2.45, 2.75) is 23.9 Å². The molecular weight excluding hydrogens is 260 g/mol. The smallest absolute Gasteiger partial charge is 0.323 e. The summed E-state index contributed by atoms with van der Waals surface area (Å²) in [6.07, 6.45) is 2.17. The molecule has 17 heavy (non-hydrogen) atoms. The quantitative estimate of drug-likeness (QED) is 0.780. The van der Waals surface area contributed by atoms with E-state index >= 15 is 0 Å². The van der Waals surface area contributed by atoms with E-state index in [-0.39, 0.29) is 0 Å². The Balaban J connectivity index is 2.53. The number of carboxylic acid groups (broad SMARTS) is 1. The predicted octanol–water partition coefficient (Wildman–Crippen LogP) is 2.28. The molecule has 0 saturated carbocycles. The van der Waals surface area contributed by atoms with Gasteiger partial charge in [-0.25, -0.2) is 4.98 Å². The molecule has 4 nitrogen and oxygen atoms in total. The fraction of sp³-hybridized carbons (Fsp3) is 0.455. The maximum atomic E-state index is 11.0. The summed E-state index contributed by atoms with van der Waals surface area (Å²) in [5.74, 6) is -0.215. The number of halogens is 1. The van der Waals surface area contributed by atoms with E-state index in [9.17, 15) is 4.79 Å². The Kier molecular flexibility index (Phi) is 5.24. The molecule has 0 aromatic carbocycles. The van der Waals surface area contributed by atoms with Crippen molar-refractivity contribution in [3.8, 4) is 0 Å². The Morgan fingerprint density at radius 3 is 2.94 bits per heavy atom. The molecule has 0 aliphatic rings. The summed E-state index contributed by atoms with van der Waals surface area (Å²) in [4.78, 5) is 15.2. The van der Waals surface area contributed by atoms with Crippen molar-refractivity contribution in [3.05, 3.63) is 23.4 Å². The van der Waals surface area contributed by atoms with Gasteiger partial charge in [0.05, 0.1) is 5.02 Å². The van der Waals surface area contributed by atoms with Crippen molar-refractivity contribution in [2.75, 3.05) is 12.8 Å². The van der Waals surface area contributed by atoms with Crippen LogP contribution in [-0.2, 0) is 4.79 Å². The molecule has 0 spiro atoms. The summed E-state index contributed by atoms with van der Waals surface area (Å²) in [5.41, 5.74) is -0.908. The van der Waals surface area contributed by atoms with Gasteiger partial charge in [-0.15, -0.1) is 11.8 Å². The van der Waals surface area contributed by atoms with Crippen LogP contribution >= 0.6 is 23.4 Å². The van der Waals surface area contributed by atoms with Gasteiger partial charge in [0.15, 0.2) is 0 Å². The highest BCUT2D eigenvalue weighted by molar-refractivity contribution is 7.99. The van der Waals surface area contributed by atoms with E-state index in [4.69, 9.17) is 16.7 Å². The molecule has 1 heterocycles. The number of carbonyl (C=O) groups is 1. The zero-order valence-electron chi connectivity index (χ0n) is 9.74. The first-order chi connectivity index (χ1) is 7.99. The van der Waals surface area contributed by atoms with Gasteiger partial charge in [-0.3, -0.25) is 4.79 Å². The molecule has 0 aliphatic carbocycles. The first-order valence-corrected chi connectivity index (χ1v) is 6.51. The predicted molar refractivity (Wildman–Crippen MR) is 69.7 cm³/mol. The normalized spacial score (nSPS) is 14.3. The first kappa shape index (κ1) is 14.3. The topological polar surface area (TPSA) is 62.2 Å². The van der Waals surface area contributed by atoms with E-state index in [0.29, 0.717) is 17.2 Å². The summed E-state index contributed by atoms with van der Waals surface area (Å²) < 4.78 is 0. The van der Waals surface area contributed by atoms with Crippen LogP contribution in [0.4, 0.5) is 0 Å². The van der Waals surface area contributed by atoms with Gasteiger partial charge in [0.1, 0.15) is 10.6 Å². The van der Waals surface area contributed by atoms with Crippen molar-refractivity contribution >= 4 is 29.3 Å². The zero-order chi connectivity index (χ0) is 12.9. The Labute approximate surface area is 110 Å². The number of thioether (sulfide) groups is 1. The number of aliphatic carboxylic acids is 1. The number of carboxylic acids is 1. The zero-order valence-corrected chi connectivity index (χ0v) is 11.3. The second-order valence-electron chi connectivity index (χ2n) is 3.78. The molecule has 94 valence electrons. The highest BCUT2D eigenvalue weighted by Crippen LogP contribution is 2.26. The van der Waals surface area contributed by atoms with Crippen molar-refractivity contribution in [3.63, 3.8) is 0 Å². The van der Waals surface area contributed by atoms with Crippen LogP contribution in [0.5, 0.6) is 0 Å². The van der Waals surface area contributed by atoms with Crippen LogP contribution in [0.2, 0.25) is 5.02 Å². The van der Waals surface area contributed by atoms with Gasteiger partial charge in [0.25, 0.3) is 0 Å². The molecule has 0 bridgehead atoms. The van der Waals surface area contributed by atoms with Crippen LogP contribution < -0.4 is 5.32 Å². The number of aromatic nitrogens is 1. The molecule has 6 heteroatoms. The van der Waals surface area contributed by atoms with Crippen molar-refractivity contribution in [2.24, 2.45) is 0 Å². The Morgan fingerprint density at radius 2 is 2.41 bits per heavy atom. The third-order valence-corrected chi connectivity index (χ3v) is 4.01. The van der Waals surface area contributed by atoms with Crippen LogP contribution in [0.15, 0.2) is 23.4 Å². The number of nitrogens with zero attached hydrogens (tertiary/aromatic N) is 1. The lowest BCUT2D eigenvalue weighted by molar-refractivity contribution is -0.144. The van der Waals surface area contributed by atoms with E-state index < -0.39 is 11.5 Å². The average molecular weight is 275 g/mol. The van der Waals surface area contributed by atoms with E-state index in [1.165, 1.54) is 11.8 Å². The van der Waals surface area contributed by atoms with Gasteiger partial charge in [0.2, 0.25) is 0 Å². The minimum absolute atomic E-state index is 0.496. The largest absolute Gasteiger partial charge is 0.480 e. The molecule has 1 aromatic heterocycles. The van der Waals surface area contributed by atoms with Gasteiger partial charge in [0, 0.05) is 11.9 Å². The van der Waals surface area contributed by atoms with Crippen molar-refractivity contribution < 1.29 is 9.90 Å². The molecule has 1 aromatic rings. The molecule has 1 unspecified atom stereocenters. The summed E-state index contributed by atoms with van der Waals surface area (Å²) in [6, 6.07) is 3.53. The standard InChI is InChI=1S/C11H15ClN2O2S/c1-11(13-2,10(15)16)5-7-17-9-8(12)4-3-6-14-9/h3-4,6,13H,5,7H2,1-2H3,(H,15,16). The molecule has 0 fully saturated rings. The summed E-state index contributed by atoms with van der Waals surface area (Å²) >= 11 is 7.42. The van der Waals surface area contributed by atoms with Crippen LogP contribution in [0.1, 0.15) is 13.3 Å². The first-order valence-electron chi connectivity index (χ1n) is 5.15. The minimum Gasteiger partial charge on any atom is -0.480 e. The summed E-state index contributed by atoms with van der Waals surface area (Å²) in [7, 11) is 1.65. The van der Waals surface area contributed by atoms with Gasteiger partial charge in [-0.1, -0.05) is 11.6 Å². The molecular formula is C11H15ClN2O2S. The van der Waals surface area contributed by atoms with Crippen LogP contribution in [-0.4, -0.2) is 34.4 Å². The van der Waals surface area contributed by atoms with Crippen LogP contribution in [0, 0.1) is 0 Å². The van der Waals surface area contributed by atoms with Crippen molar-refractivity contribution in [1.82, 2.24) is 10.3 Å². The van der Waals surface area contributed by atoms with Crippen molar-refractivity contribution in [1.29, 1.82) is 0 Å². The fourth-order valence-corrected chi connectivity index (χ4v) is 2.50. The number of rotatable bonds is 6. The van der Waals surface area contributed by atoms with Gasteiger partial charge >= 0.3 is 5.97 Å². The number of hydrogen-bond donors (Lipinski definition) is 2. The van der Waals surface area contributed by atoms with Crippen LogP contribution in [0.3, 0.4) is 0 Å². The number of likely N-dealkylation sites (N-methyl/N-ethyl adjacent to an activating group) is 1. The van der Waals surface area contributed by atoms with E-state index in [2.05, 4.69) is 10.3 Å². The Hall–Kier alpha value is -0.780. The monoisotopic (exact) mass is 274 g/mol. The maximum absolute atomic E-state index is 11.0. The molecule has 1 atom stereocenters. The van der Waals surface area contributed by atoms with Gasteiger partial charge in [-0.05, 0) is 32.5 Å². The van der Waals surface area contributed by atoms with Gasteiger partial charge < -0.3 is 10.4 Å². The molecule has 0 radical (unpaired) electrons. The van der Waals surface area contributed by atoms with E-state index in [1.807, 2.05) is 0 Å². The lowest BCUT2D eigenvalue weighted by Crippen LogP contribution is -2.47. The summed E-state index contributed by atoms with van der Waals surface area (Å²) in [6.45, 7) is 1.66. The lowest BCUT2D eigenvalue weighted by atomic mass is 10.00. The van der Waals surface area contributed by atoms with E-state index in [1.54, 1.807) is 32.3 Å². The summed E-state index contributed by atoms with van der Waals surface area (Å²) in [5, 5.41) is 13.2. The number of nitrogens with one attached hydrogen (secondary N) is 1. The third kappa shape index (κ3) is 3.87. The highest BCUT2D eigenvalue weighted by atomic mass is 35.5. The lowest BCUT2D eigenvalue weighted by Gasteiger charge is -2.23. The third-order valence-electron chi connectivity index (χ3n) is 2.59. The highest BCUT2D eigenvalue weighted by Gasteiger charge is 2.30. The molecule has 0 saturated heterocycles. The van der Waals surface area contributed by atoms with Crippen LogP contribution in [0.25, 0.3) is 0 Å². The second kappa shape index (κ2) is 6.23. The molecule has 0 aliphatic heterocycles. The molecule has 0 amide bonds. The fourth-order valence-electron chi connectivity index (χ4n) is 1.17. The minimum atomic E-state index is -0.908. The Morgan fingerprint density at radius 1 is 1.71 bits per heavy atom. The van der Waals surface area contributed by atoms with E-state index in [0.717, 1.165) is 5.03 Å². The number of hydrogen-bond acceptors (Lipinski definition) is 4. The number of pyridine rings is 1. The van der Waals surface area contributed by atoms with Gasteiger partial charge in [-0.2, -0.15) is 0 Å². The SMILES string of the molecule is CNC(C)(CCSc1ncccc1Cl)C(=O)O. The molecule has 1 rings (SSSR count). The molecule has 2 N–H and O–H groups in total.